The van der Waals surface area contributed by atoms with E-state index in [2.05, 4.69) is 221 Å². The Morgan fingerprint density at radius 3 is 1.36 bits per heavy atom. The highest BCUT2D eigenvalue weighted by atomic mass is 32.1. The van der Waals surface area contributed by atoms with Gasteiger partial charge in [-0.25, -0.2) is 15.0 Å². The number of fused-ring (bicyclic) bond motifs is 14. The maximum atomic E-state index is 6.40. The minimum absolute atomic E-state index is 0.564. The monoisotopic (exact) mass is 987 g/mol. The third-order valence-corrected chi connectivity index (χ3v) is 16.4. The zero-order valence-corrected chi connectivity index (χ0v) is 41.5. The van der Waals surface area contributed by atoms with Crippen molar-refractivity contribution in [2.24, 2.45) is 0 Å². The zero-order valence-electron chi connectivity index (χ0n) is 40.7. The molecule has 0 aliphatic carbocycles. The van der Waals surface area contributed by atoms with Crippen molar-refractivity contribution in [1.29, 1.82) is 0 Å². The molecule has 6 nitrogen and oxygen atoms in total. The Morgan fingerprint density at radius 1 is 0.303 bits per heavy atom. The number of hydrogen-bond acceptors (Lipinski definition) is 5. The smallest absolute Gasteiger partial charge is 0.164 e. The van der Waals surface area contributed by atoms with Crippen LogP contribution in [0.4, 0.5) is 0 Å². The van der Waals surface area contributed by atoms with Gasteiger partial charge in [0.05, 0.1) is 27.8 Å². The number of nitrogens with zero attached hydrogens (tertiary/aromatic N) is 5. The van der Waals surface area contributed by atoms with Crippen LogP contribution in [0, 0.1) is 0 Å². The second kappa shape index (κ2) is 16.8. The quantitative estimate of drug-likeness (QED) is 0.160. The predicted molar refractivity (Wildman–Crippen MR) is 316 cm³/mol. The number of benzene rings is 11. The second-order valence-corrected chi connectivity index (χ2v) is 20.5. The molecule has 11 aromatic carbocycles. The molecule has 76 heavy (non-hydrogen) atoms. The average Bonchev–Trinajstić information content (AvgIpc) is 4.26. The molecule has 0 aliphatic heterocycles. The molecule has 0 amide bonds. The molecule has 0 radical (unpaired) electrons. The lowest BCUT2D eigenvalue weighted by atomic mass is 9.92. The fourth-order valence-corrected chi connectivity index (χ4v) is 13.2. The van der Waals surface area contributed by atoms with Crippen LogP contribution in [0.3, 0.4) is 0 Å². The van der Waals surface area contributed by atoms with Gasteiger partial charge >= 0.3 is 0 Å². The number of furan rings is 1. The summed E-state index contributed by atoms with van der Waals surface area (Å²) in [7, 11) is 0. The summed E-state index contributed by atoms with van der Waals surface area (Å²) in [5.41, 5.74) is 15.4. The lowest BCUT2D eigenvalue weighted by Gasteiger charge is -2.21. The molecule has 5 aromatic heterocycles. The van der Waals surface area contributed by atoms with E-state index in [1.165, 1.54) is 52.8 Å². The van der Waals surface area contributed by atoms with E-state index in [9.17, 15) is 0 Å². The highest BCUT2D eigenvalue weighted by Gasteiger charge is 2.26. The molecule has 0 unspecified atom stereocenters. The molecule has 0 N–H and O–H groups in total. The minimum atomic E-state index is 0.564. The molecular formula is C69H41N5OS. The minimum Gasteiger partial charge on any atom is -0.456 e. The standard InChI is InChI=1S/C69H41N5OS/c1-5-19-42(20-6-1)54-39-46(69-71-67(44-23-9-3-10-24-44)70-68(72-69)45-33-34-49-48-27-15-18-32-60(48)75-61(49)41-45)40-55(43-21-7-2-8-22-43)64(54)74-57-31-17-14-29-53(57)63-59(74)38-36-51-50-35-37-58-62(65(50)76-66(51)63)52-28-13-16-30-56(52)73(58)47-25-11-4-12-26-47/h1-41H. The van der Waals surface area contributed by atoms with Gasteiger partial charge in [0, 0.05) is 86.0 Å². The summed E-state index contributed by atoms with van der Waals surface area (Å²) >= 11 is 1.91. The summed E-state index contributed by atoms with van der Waals surface area (Å²) in [5, 5.41) is 9.65. The third kappa shape index (κ3) is 6.49. The summed E-state index contributed by atoms with van der Waals surface area (Å²) in [6.07, 6.45) is 0. The van der Waals surface area contributed by atoms with Crippen molar-refractivity contribution < 1.29 is 4.42 Å². The molecule has 0 atom stereocenters. The van der Waals surface area contributed by atoms with Crippen LogP contribution in [0.1, 0.15) is 0 Å². The Morgan fingerprint density at radius 2 is 0.750 bits per heavy atom. The van der Waals surface area contributed by atoms with Gasteiger partial charge in [-0.3, -0.25) is 0 Å². The molecule has 0 aliphatic rings. The first kappa shape index (κ1) is 42.5. The highest BCUT2D eigenvalue weighted by molar-refractivity contribution is 7.27. The first-order valence-electron chi connectivity index (χ1n) is 25.6. The third-order valence-electron chi connectivity index (χ3n) is 15.2. The van der Waals surface area contributed by atoms with Crippen LogP contribution in [0.2, 0.25) is 0 Å². The van der Waals surface area contributed by atoms with Crippen LogP contribution >= 0.6 is 11.3 Å². The molecule has 0 spiro atoms. The molecule has 0 saturated carbocycles. The van der Waals surface area contributed by atoms with Crippen LogP contribution in [0.5, 0.6) is 0 Å². The Bertz CT molecular complexity index is 4920. The molecule has 16 aromatic rings. The topological polar surface area (TPSA) is 61.7 Å². The van der Waals surface area contributed by atoms with Gasteiger partial charge in [0.15, 0.2) is 17.5 Å². The van der Waals surface area contributed by atoms with Crippen molar-refractivity contribution in [1.82, 2.24) is 24.1 Å². The molecule has 0 fully saturated rings. The summed E-state index contributed by atoms with van der Waals surface area (Å²) in [5.74, 6) is 1.73. The van der Waals surface area contributed by atoms with E-state index < -0.39 is 0 Å². The first-order valence-corrected chi connectivity index (χ1v) is 26.4. The lowest BCUT2D eigenvalue weighted by Crippen LogP contribution is -2.04. The van der Waals surface area contributed by atoms with Crippen molar-refractivity contribution >= 4 is 97.1 Å². The number of aromatic nitrogens is 5. The van der Waals surface area contributed by atoms with Crippen molar-refractivity contribution in [2.75, 3.05) is 0 Å². The van der Waals surface area contributed by atoms with E-state index in [-0.39, 0.29) is 0 Å². The first-order chi connectivity index (χ1) is 37.7. The summed E-state index contributed by atoms with van der Waals surface area (Å²) in [4.78, 5) is 15.9. The number of para-hydroxylation sites is 4. The molecule has 16 rings (SSSR count). The number of hydrogen-bond donors (Lipinski definition) is 0. The van der Waals surface area contributed by atoms with Gasteiger partial charge in [-0.05, 0) is 77.9 Å². The number of rotatable bonds is 7. The summed E-state index contributed by atoms with van der Waals surface area (Å²) in [6.45, 7) is 0. The maximum absolute atomic E-state index is 6.40. The molecule has 5 heterocycles. The van der Waals surface area contributed by atoms with E-state index in [1.807, 2.05) is 47.7 Å². The Hall–Kier alpha value is -9.95. The normalized spacial score (nSPS) is 11.9. The van der Waals surface area contributed by atoms with Crippen molar-refractivity contribution in [3.05, 3.63) is 249 Å². The molecule has 354 valence electrons. The van der Waals surface area contributed by atoms with E-state index in [4.69, 9.17) is 19.4 Å². The lowest BCUT2D eigenvalue weighted by molar-refractivity contribution is 0.669. The summed E-state index contributed by atoms with van der Waals surface area (Å²) in [6, 6.07) is 88.5. The van der Waals surface area contributed by atoms with Gasteiger partial charge in [0.2, 0.25) is 0 Å². The van der Waals surface area contributed by atoms with Crippen LogP contribution in [-0.4, -0.2) is 24.1 Å². The molecular weight excluding hydrogens is 947 g/mol. The molecule has 7 heteroatoms. The van der Waals surface area contributed by atoms with Gasteiger partial charge in [-0.1, -0.05) is 182 Å². The number of thiophene rings is 1. The maximum Gasteiger partial charge on any atom is 0.164 e. The van der Waals surface area contributed by atoms with Gasteiger partial charge in [0.1, 0.15) is 11.2 Å². The largest absolute Gasteiger partial charge is 0.456 e. The van der Waals surface area contributed by atoms with Crippen LogP contribution in [0.15, 0.2) is 253 Å². The van der Waals surface area contributed by atoms with Crippen molar-refractivity contribution in [3.63, 3.8) is 0 Å². The van der Waals surface area contributed by atoms with E-state index in [0.717, 1.165) is 83.3 Å². The SMILES string of the molecule is c1ccc(-c2nc(-c3cc(-c4ccccc4)c(-n4c5ccccc5c5c6sc7c(ccc8c7c7ccccc7n8-c7ccccc7)c6ccc54)c(-c4ccccc4)c3)nc(-c3ccc4c(c3)oc3ccccc34)n2)cc1. The second-order valence-electron chi connectivity index (χ2n) is 19.4. The fourth-order valence-electron chi connectivity index (χ4n) is 11.8. The van der Waals surface area contributed by atoms with Gasteiger partial charge in [-0.2, -0.15) is 0 Å². The van der Waals surface area contributed by atoms with Crippen LogP contribution in [0.25, 0.3) is 154 Å². The predicted octanol–water partition coefficient (Wildman–Crippen LogP) is 18.7. The molecule has 0 bridgehead atoms. The van der Waals surface area contributed by atoms with E-state index in [1.54, 1.807) is 0 Å². The van der Waals surface area contributed by atoms with E-state index >= 15 is 0 Å². The van der Waals surface area contributed by atoms with Crippen molar-refractivity contribution in [2.45, 2.75) is 0 Å². The average molecular weight is 988 g/mol. The highest BCUT2D eigenvalue weighted by Crippen LogP contribution is 2.50. The summed E-state index contributed by atoms with van der Waals surface area (Å²) < 4.78 is 13.9. The zero-order chi connectivity index (χ0) is 49.8. The van der Waals surface area contributed by atoms with Gasteiger partial charge < -0.3 is 13.6 Å². The Labute approximate surface area is 439 Å². The van der Waals surface area contributed by atoms with Gasteiger partial charge in [-0.15, -0.1) is 11.3 Å². The Balaban J connectivity index is 0.972. The molecule has 0 saturated heterocycles. The Kier molecular flexibility index (Phi) is 9.40. The van der Waals surface area contributed by atoms with Crippen LogP contribution in [-0.2, 0) is 0 Å². The van der Waals surface area contributed by atoms with Gasteiger partial charge in [0.25, 0.3) is 0 Å². The van der Waals surface area contributed by atoms with Crippen molar-refractivity contribution in [3.8, 4) is 67.8 Å². The van der Waals surface area contributed by atoms with E-state index in [0.29, 0.717) is 17.5 Å². The fraction of sp³-hybridized carbons (Fsp3) is 0. The van der Waals surface area contributed by atoms with Crippen LogP contribution < -0.4 is 0 Å².